The summed E-state index contributed by atoms with van der Waals surface area (Å²) >= 11 is 0. The molecule has 0 fully saturated rings. The van der Waals surface area contributed by atoms with Crippen LogP contribution in [0.15, 0.2) is 211 Å². The summed E-state index contributed by atoms with van der Waals surface area (Å²) in [7, 11) is 0. The van der Waals surface area contributed by atoms with Gasteiger partial charge in [0.2, 0.25) is 0 Å². The minimum atomic E-state index is -0.476. The molecule has 0 radical (unpaired) electrons. The molecule has 60 heavy (non-hydrogen) atoms. The van der Waals surface area contributed by atoms with Crippen LogP contribution in [0.4, 0.5) is 0 Å². The second kappa shape index (κ2) is 12.6. The topological polar surface area (TPSA) is 38.9 Å². The Morgan fingerprint density at radius 2 is 0.833 bits per heavy atom. The fourth-order valence-corrected chi connectivity index (χ4v) is 10.4. The van der Waals surface area contributed by atoms with Gasteiger partial charge in [-0.1, -0.05) is 182 Å². The molecule has 0 saturated heterocycles. The molecule has 0 aliphatic heterocycles. The van der Waals surface area contributed by atoms with Crippen molar-refractivity contribution in [2.45, 2.75) is 5.41 Å². The van der Waals surface area contributed by atoms with Crippen LogP contribution in [0.3, 0.4) is 0 Å². The van der Waals surface area contributed by atoms with E-state index in [0.29, 0.717) is 5.82 Å². The first-order valence-corrected chi connectivity index (χ1v) is 20.6. The van der Waals surface area contributed by atoms with Gasteiger partial charge in [-0.2, -0.15) is 0 Å². The van der Waals surface area contributed by atoms with Crippen LogP contribution in [0.5, 0.6) is 0 Å². The van der Waals surface area contributed by atoms with Crippen molar-refractivity contribution in [1.82, 2.24) is 9.97 Å². The molecular formula is C57H34N2O. The molecule has 2 aliphatic carbocycles. The van der Waals surface area contributed by atoms with Crippen molar-refractivity contribution in [2.24, 2.45) is 0 Å². The zero-order valence-corrected chi connectivity index (χ0v) is 32.4. The summed E-state index contributed by atoms with van der Waals surface area (Å²) in [6.07, 6.45) is 0. The van der Waals surface area contributed by atoms with Crippen LogP contribution in [-0.2, 0) is 5.41 Å². The normalized spacial score (nSPS) is 13.1. The third kappa shape index (κ3) is 4.54. The van der Waals surface area contributed by atoms with Crippen molar-refractivity contribution in [3.05, 3.63) is 229 Å². The van der Waals surface area contributed by atoms with E-state index in [9.17, 15) is 0 Å². The Labute approximate surface area is 346 Å². The van der Waals surface area contributed by atoms with Crippen LogP contribution in [0.25, 0.3) is 100.0 Å². The third-order valence-electron chi connectivity index (χ3n) is 12.9. The zero-order valence-electron chi connectivity index (χ0n) is 32.4. The number of benzene rings is 9. The van der Waals surface area contributed by atoms with Crippen molar-refractivity contribution in [3.8, 4) is 67.3 Å². The molecule has 1 spiro atoms. The molecule has 0 unspecified atom stereocenters. The van der Waals surface area contributed by atoms with E-state index in [1.54, 1.807) is 0 Å². The van der Waals surface area contributed by atoms with Gasteiger partial charge >= 0.3 is 0 Å². The molecule has 0 amide bonds. The molecule has 13 rings (SSSR count). The van der Waals surface area contributed by atoms with Gasteiger partial charge in [0.25, 0.3) is 0 Å². The van der Waals surface area contributed by atoms with Crippen molar-refractivity contribution < 1.29 is 4.42 Å². The quantitative estimate of drug-likeness (QED) is 0.179. The number of hydrogen-bond donors (Lipinski definition) is 0. The van der Waals surface area contributed by atoms with Crippen molar-refractivity contribution >= 4 is 32.7 Å². The summed E-state index contributed by atoms with van der Waals surface area (Å²) in [5.74, 6) is 0.664. The summed E-state index contributed by atoms with van der Waals surface area (Å²) < 4.78 is 6.64. The van der Waals surface area contributed by atoms with Crippen LogP contribution >= 0.6 is 0 Å². The maximum Gasteiger partial charge on any atom is 0.160 e. The lowest BCUT2D eigenvalue weighted by Crippen LogP contribution is -2.25. The van der Waals surface area contributed by atoms with Crippen molar-refractivity contribution in [1.29, 1.82) is 0 Å². The molecule has 3 heteroatoms. The highest BCUT2D eigenvalue weighted by molar-refractivity contribution is 6.09. The lowest BCUT2D eigenvalue weighted by molar-refractivity contribution is 0.670. The standard InChI is InChI=1S/C57H34N2O/c1-2-17-37-35(15-1)16-13-24-38(37)39-18-3-4-22-44(39)52-34-53(47-26-14-25-46-45-23-8-12-30-54(45)60-55(46)47)59-56(58-52)36-31-32-43-42-21-7-11-29-50(42)57(51(43)33-36)48-27-9-5-19-40(48)41-20-6-10-28-49(41)57/h1-34H. The van der Waals surface area contributed by atoms with Gasteiger partial charge in [-0.15, -0.1) is 0 Å². The number of furan rings is 1. The maximum atomic E-state index is 6.64. The van der Waals surface area contributed by atoms with Gasteiger partial charge in [-0.25, -0.2) is 9.97 Å². The number of nitrogens with zero attached hydrogens (tertiary/aromatic N) is 2. The lowest BCUT2D eigenvalue weighted by atomic mass is 9.70. The highest BCUT2D eigenvalue weighted by Gasteiger charge is 2.51. The first-order valence-electron chi connectivity index (χ1n) is 20.6. The van der Waals surface area contributed by atoms with Crippen molar-refractivity contribution in [3.63, 3.8) is 0 Å². The molecule has 2 aromatic heterocycles. The second-order valence-electron chi connectivity index (χ2n) is 16.0. The number of hydrogen-bond acceptors (Lipinski definition) is 3. The molecule has 2 aliphatic rings. The van der Waals surface area contributed by atoms with E-state index in [1.165, 1.54) is 60.8 Å². The number of aromatic nitrogens is 2. The summed E-state index contributed by atoms with van der Waals surface area (Å²) in [6.45, 7) is 0. The van der Waals surface area contributed by atoms with E-state index < -0.39 is 5.41 Å². The molecule has 278 valence electrons. The predicted octanol–water partition coefficient (Wildman–Crippen LogP) is 14.5. The van der Waals surface area contributed by atoms with Gasteiger partial charge < -0.3 is 4.42 Å². The molecule has 0 bridgehead atoms. The predicted molar refractivity (Wildman–Crippen MR) is 245 cm³/mol. The summed E-state index contributed by atoms with van der Waals surface area (Å²) in [6, 6.07) is 74.2. The monoisotopic (exact) mass is 762 g/mol. The number of para-hydroxylation sites is 2. The van der Waals surface area contributed by atoms with Gasteiger partial charge in [-0.3, -0.25) is 0 Å². The Kier molecular flexibility index (Phi) is 6.93. The van der Waals surface area contributed by atoms with E-state index in [1.807, 2.05) is 12.1 Å². The average molecular weight is 763 g/mol. The first kappa shape index (κ1) is 33.1. The Morgan fingerprint density at radius 3 is 1.57 bits per heavy atom. The molecule has 0 saturated carbocycles. The molecular weight excluding hydrogens is 729 g/mol. The van der Waals surface area contributed by atoms with E-state index in [2.05, 4.69) is 194 Å². The van der Waals surface area contributed by atoms with Gasteiger partial charge in [0, 0.05) is 27.5 Å². The minimum absolute atomic E-state index is 0.476. The summed E-state index contributed by atoms with van der Waals surface area (Å²) in [5.41, 5.74) is 18.3. The first-order chi connectivity index (χ1) is 29.8. The Balaban J connectivity index is 1.08. The lowest BCUT2D eigenvalue weighted by Gasteiger charge is -2.30. The number of rotatable bonds is 4. The van der Waals surface area contributed by atoms with Gasteiger partial charge in [0.15, 0.2) is 5.82 Å². The Hall–Kier alpha value is -7.88. The highest BCUT2D eigenvalue weighted by atomic mass is 16.3. The van der Waals surface area contributed by atoms with Crippen LogP contribution < -0.4 is 0 Å². The average Bonchev–Trinajstić information content (AvgIpc) is 3.95. The van der Waals surface area contributed by atoms with Gasteiger partial charge in [0.05, 0.1) is 16.8 Å². The van der Waals surface area contributed by atoms with Crippen LogP contribution in [-0.4, -0.2) is 9.97 Å². The Morgan fingerprint density at radius 1 is 0.333 bits per heavy atom. The fraction of sp³-hybridized carbons (Fsp3) is 0.0175. The molecule has 3 nitrogen and oxygen atoms in total. The van der Waals surface area contributed by atoms with Crippen molar-refractivity contribution in [2.75, 3.05) is 0 Å². The van der Waals surface area contributed by atoms with E-state index in [-0.39, 0.29) is 0 Å². The maximum absolute atomic E-state index is 6.64. The van der Waals surface area contributed by atoms with Gasteiger partial charge in [0.1, 0.15) is 11.2 Å². The molecule has 0 atom stereocenters. The summed E-state index contributed by atoms with van der Waals surface area (Å²) in [4.78, 5) is 11.0. The molecule has 0 N–H and O–H groups in total. The molecule has 9 aromatic carbocycles. The smallest absolute Gasteiger partial charge is 0.160 e. The van der Waals surface area contributed by atoms with E-state index in [4.69, 9.17) is 14.4 Å². The summed E-state index contributed by atoms with van der Waals surface area (Å²) in [5, 5.41) is 4.56. The SMILES string of the molecule is c1ccc(-c2cccc3ccccc23)c(-c2cc(-c3cccc4c3oc3ccccc34)nc(-c3ccc4c(c3)C3(c5ccccc5-c5ccccc53)c3ccccc3-4)n2)c1. The van der Waals surface area contributed by atoms with E-state index in [0.717, 1.165) is 55.6 Å². The highest BCUT2D eigenvalue weighted by Crippen LogP contribution is 2.63. The van der Waals surface area contributed by atoms with Crippen LogP contribution in [0.2, 0.25) is 0 Å². The van der Waals surface area contributed by atoms with Gasteiger partial charge in [-0.05, 0) is 90.7 Å². The minimum Gasteiger partial charge on any atom is -0.455 e. The molecule has 2 heterocycles. The zero-order chi connectivity index (χ0) is 39.4. The largest absolute Gasteiger partial charge is 0.455 e. The fourth-order valence-electron chi connectivity index (χ4n) is 10.4. The second-order valence-corrected chi connectivity index (χ2v) is 16.0. The van der Waals surface area contributed by atoms with E-state index >= 15 is 0 Å². The van der Waals surface area contributed by atoms with Crippen LogP contribution in [0.1, 0.15) is 22.3 Å². The van der Waals surface area contributed by atoms with Crippen LogP contribution in [0, 0.1) is 0 Å². The third-order valence-corrected chi connectivity index (χ3v) is 12.9. The molecule has 11 aromatic rings. The Bertz CT molecular complexity index is 3510. The number of fused-ring (bicyclic) bond motifs is 14.